The highest BCUT2D eigenvalue weighted by Crippen LogP contribution is 2.09. The molecule has 0 aliphatic heterocycles. The van der Waals surface area contributed by atoms with Crippen LogP contribution in [-0.2, 0) is 0 Å². The van der Waals surface area contributed by atoms with Crippen LogP contribution in [0.3, 0.4) is 0 Å². The van der Waals surface area contributed by atoms with Gasteiger partial charge in [0.05, 0.1) is 11.2 Å². The number of imidazole rings is 1. The summed E-state index contributed by atoms with van der Waals surface area (Å²) < 4.78 is 1.78. The number of pyridine rings is 1. The van der Waals surface area contributed by atoms with E-state index >= 15 is 0 Å². The number of rotatable bonds is 1. The molecule has 0 aromatic carbocycles. The number of carbonyl (C=O) groups excluding carboxylic acids is 1. The first-order valence-electron chi connectivity index (χ1n) is 4.72. The Morgan fingerprint density at radius 1 is 1.36 bits per heavy atom. The van der Waals surface area contributed by atoms with Crippen LogP contribution in [0.25, 0.3) is 5.52 Å². The number of aldehydes is 1. The van der Waals surface area contributed by atoms with Crippen LogP contribution in [0.15, 0.2) is 24.4 Å². The maximum atomic E-state index is 10.6. The molecule has 0 spiro atoms. The van der Waals surface area contributed by atoms with Gasteiger partial charge in [0.15, 0.2) is 12.1 Å². The number of hydrogen-bond donors (Lipinski definition) is 0. The quantitative estimate of drug-likeness (QED) is 0.647. The number of nitrogens with zero attached hydrogens (tertiary/aromatic N) is 2. The maximum absolute atomic E-state index is 10.6. The zero-order valence-corrected chi connectivity index (χ0v) is 8.69. The van der Waals surface area contributed by atoms with Crippen molar-refractivity contribution in [1.82, 2.24) is 9.38 Å². The van der Waals surface area contributed by atoms with Crippen molar-refractivity contribution in [2.24, 2.45) is 0 Å². The lowest BCUT2D eigenvalue weighted by atomic mass is 10.3. The van der Waals surface area contributed by atoms with Gasteiger partial charge in [-0.05, 0) is 19.1 Å². The van der Waals surface area contributed by atoms with Crippen molar-refractivity contribution in [3.05, 3.63) is 35.9 Å². The molecule has 0 saturated heterocycles. The summed E-state index contributed by atoms with van der Waals surface area (Å²) in [7, 11) is 0. The lowest BCUT2D eigenvalue weighted by molar-refractivity contribution is 0.111. The van der Waals surface area contributed by atoms with Gasteiger partial charge >= 0.3 is 0 Å². The second-order valence-corrected chi connectivity index (χ2v) is 2.63. The maximum Gasteiger partial charge on any atom is 0.185 e. The van der Waals surface area contributed by atoms with Gasteiger partial charge in [0.2, 0.25) is 0 Å². The van der Waals surface area contributed by atoms with E-state index in [9.17, 15) is 4.79 Å². The molecule has 14 heavy (non-hydrogen) atoms. The molecule has 2 heterocycles. The molecular weight excluding hydrogens is 176 g/mol. The second kappa shape index (κ2) is 4.56. The van der Waals surface area contributed by atoms with Crippen LogP contribution < -0.4 is 0 Å². The average molecular weight is 190 g/mol. The first kappa shape index (κ1) is 10.4. The third-order valence-electron chi connectivity index (χ3n) is 1.87. The van der Waals surface area contributed by atoms with E-state index in [2.05, 4.69) is 4.98 Å². The molecule has 0 N–H and O–H groups in total. The molecule has 0 atom stereocenters. The van der Waals surface area contributed by atoms with Crippen LogP contribution in [-0.4, -0.2) is 15.7 Å². The Bertz CT molecular complexity index is 432. The highest BCUT2D eigenvalue weighted by molar-refractivity contribution is 5.73. The zero-order valence-electron chi connectivity index (χ0n) is 8.69. The Labute approximate surface area is 83.4 Å². The fourth-order valence-corrected chi connectivity index (χ4v) is 1.30. The van der Waals surface area contributed by atoms with Gasteiger partial charge in [-0.3, -0.25) is 9.20 Å². The number of aromatic nitrogens is 2. The van der Waals surface area contributed by atoms with Gasteiger partial charge in [-0.1, -0.05) is 19.9 Å². The summed E-state index contributed by atoms with van der Waals surface area (Å²) in [4.78, 5) is 14.7. The average Bonchev–Trinajstić information content (AvgIpc) is 2.59. The van der Waals surface area contributed by atoms with Crippen LogP contribution in [0.5, 0.6) is 0 Å². The summed E-state index contributed by atoms with van der Waals surface area (Å²) in [5.41, 5.74) is 1.87. The molecule has 0 aliphatic rings. The molecule has 0 amide bonds. The largest absolute Gasteiger partial charge is 0.297 e. The van der Waals surface area contributed by atoms with Crippen molar-refractivity contribution < 1.29 is 4.79 Å². The predicted octanol–water partition coefficient (Wildman–Crippen LogP) is 2.48. The van der Waals surface area contributed by atoms with Crippen LogP contribution in [0.1, 0.15) is 30.2 Å². The smallest absolute Gasteiger partial charge is 0.185 e. The number of carbonyl (C=O) groups is 1. The van der Waals surface area contributed by atoms with E-state index in [1.807, 2.05) is 45.2 Å². The van der Waals surface area contributed by atoms with E-state index in [4.69, 9.17) is 0 Å². The van der Waals surface area contributed by atoms with Crippen molar-refractivity contribution >= 4 is 11.8 Å². The molecular formula is C11H14N2O. The van der Waals surface area contributed by atoms with Crippen LogP contribution in [0, 0.1) is 6.92 Å². The van der Waals surface area contributed by atoms with E-state index in [1.165, 1.54) is 0 Å². The first-order chi connectivity index (χ1) is 6.83. The van der Waals surface area contributed by atoms with E-state index in [0.29, 0.717) is 5.82 Å². The Morgan fingerprint density at radius 2 is 2.07 bits per heavy atom. The number of fused-ring (bicyclic) bond motifs is 1. The molecule has 0 radical (unpaired) electrons. The molecule has 2 aromatic heterocycles. The molecule has 0 saturated carbocycles. The summed E-state index contributed by atoms with van der Waals surface area (Å²) in [5, 5.41) is 0. The minimum Gasteiger partial charge on any atom is -0.297 e. The first-order valence-corrected chi connectivity index (χ1v) is 4.72. The highest BCUT2D eigenvalue weighted by Gasteiger charge is 2.04. The lowest BCUT2D eigenvalue weighted by Crippen LogP contribution is -1.89. The molecule has 74 valence electrons. The van der Waals surface area contributed by atoms with E-state index in [1.54, 1.807) is 4.40 Å². The zero-order chi connectivity index (χ0) is 10.6. The normalized spacial score (nSPS) is 9.36. The molecule has 2 rings (SSSR count). The predicted molar refractivity (Wildman–Crippen MR) is 56.7 cm³/mol. The summed E-state index contributed by atoms with van der Waals surface area (Å²) in [6, 6.07) is 5.75. The van der Waals surface area contributed by atoms with Crippen molar-refractivity contribution in [3.8, 4) is 0 Å². The topological polar surface area (TPSA) is 34.4 Å². The Kier molecular flexibility index (Phi) is 3.40. The monoisotopic (exact) mass is 190 g/mol. The van der Waals surface area contributed by atoms with Gasteiger partial charge in [-0.15, -0.1) is 0 Å². The lowest BCUT2D eigenvalue weighted by Gasteiger charge is -1.92. The van der Waals surface area contributed by atoms with E-state index in [0.717, 1.165) is 17.5 Å². The molecule has 3 nitrogen and oxygen atoms in total. The van der Waals surface area contributed by atoms with Gasteiger partial charge in [-0.25, -0.2) is 4.98 Å². The number of hydrogen-bond acceptors (Lipinski definition) is 2. The summed E-state index contributed by atoms with van der Waals surface area (Å²) in [6.07, 6.45) is 2.60. The Hall–Kier alpha value is -1.64. The van der Waals surface area contributed by atoms with Crippen molar-refractivity contribution in [2.75, 3.05) is 0 Å². The van der Waals surface area contributed by atoms with Crippen molar-refractivity contribution in [3.63, 3.8) is 0 Å². The molecule has 2 aromatic rings. The standard InChI is InChI=1S/C9H8N2O.C2H6/c1-7-8-4-2-3-5-11(8)9(6-12)10-7;1-2/h2-6H,1H3;1-2H3. The SMILES string of the molecule is CC.Cc1nc(C=O)n2ccccc12. The molecule has 3 heteroatoms. The van der Waals surface area contributed by atoms with Crippen LogP contribution in [0.4, 0.5) is 0 Å². The van der Waals surface area contributed by atoms with Crippen molar-refractivity contribution in [2.45, 2.75) is 20.8 Å². The minimum atomic E-state index is 0.461. The van der Waals surface area contributed by atoms with Gasteiger partial charge in [0.25, 0.3) is 0 Å². The summed E-state index contributed by atoms with van der Waals surface area (Å²) in [5.74, 6) is 0.461. The third-order valence-corrected chi connectivity index (χ3v) is 1.87. The molecule has 0 unspecified atom stereocenters. The summed E-state index contributed by atoms with van der Waals surface area (Å²) in [6.45, 7) is 5.89. The van der Waals surface area contributed by atoms with E-state index < -0.39 is 0 Å². The summed E-state index contributed by atoms with van der Waals surface area (Å²) >= 11 is 0. The fraction of sp³-hybridized carbons (Fsp3) is 0.273. The fourth-order valence-electron chi connectivity index (χ4n) is 1.30. The molecule has 0 fully saturated rings. The van der Waals surface area contributed by atoms with Crippen LogP contribution in [0.2, 0.25) is 0 Å². The number of aryl methyl sites for hydroxylation is 1. The van der Waals surface area contributed by atoms with Gasteiger partial charge in [0.1, 0.15) is 0 Å². The van der Waals surface area contributed by atoms with Gasteiger partial charge < -0.3 is 0 Å². The van der Waals surface area contributed by atoms with Crippen LogP contribution >= 0.6 is 0 Å². The Balaban J connectivity index is 0.000000461. The van der Waals surface area contributed by atoms with Gasteiger partial charge in [-0.2, -0.15) is 0 Å². The minimum absolute atomic E-state index is 0.461. The Morgan fingerprint density at radius 3 is 2.71 bits per heavy atom. The second-order valence-electron chi connectivity index (χ2n) is 2.63. The highest BCUT2D eigenvalue weighted by atomic mass is 16.1. The molecule has 0 aliphatic carbocycles. The molecule has 0 bridgehead atoms. The van der Waals surface area contributed by atoms with Crippen molar-refractivity contribution in [1.29, 1.82) is 0 Å². The van der Waals surface area contributed by atoms with Gasteiger partial charge in [0, 0.05) is 6.20 Å². The third kappa shape index (κ3) is 1.66. The van der Waals surface area contributed by atoms with E-state index in [-0.39, 0.29) is 0 Å².